The average Bonchev–Trinajstić information content (AvgIpc) is 2.87. The molecule has 1 saturated heterocycles. The van der Waals surface area contributed by atoms with Gasteiger partial charge in [-0.2, -0.15) is 0 Å². The summed E-state index contributed by atoms with van der Waals surface area (Å²) in [5.74, 6) is -1.73. The number of aryl methyl sites for hydroxylation is 1. The maximum atomic E-state index is 12.7. The van der Waals surface area contributed by atoms with Gasteiger partial charge >= 0.3 is 12.0 Å². The minimum atomic E-state index is -0.955. The first-order chi connectivity index (χ1) is 13.3. The standard InChI is InChI=1S/C20H27N3O5/c1-4-10-20(11-5-2)18(26)23(19(27)22-20)12-17(25)28-13-16(24)21-15-8-6-14(3)7-9-15/h6-9H,4-5,10-13H2,1-3H3,(H,21,24)(H,22,27). The quantitative estimate of drug-likeness (QED) is 0.498. The van der Waals surface area contributed by atoms with E-state index in [9.17, 15) is 19.2 Å². The van der Waals surface area contributed by atoms with Crippen molar-refractivity contribution < 1.29 is 23.9 Å². The van der Waals surface area contributed by atoms with Gasteiger partial charge in [0.15, 0.2) is 6.61 Å². The lowest BCUT2D eigenvalue weighted by molar-refractivity contribution is -0.150. The lowest BCUT2D eigenvalue weighted by Crippen LogP contribution is -2.47. The van der Waals surface area contributed by atoms with Crippen LogP contribution in [-0.2, 0) is 19.1 Å². The molecule has 1 heterocycles. The number of benzene rings is 1. The molecule has 1 aromatic carbocycles. The molecule has 0 bridgehead atoms. The maximum absolute atomic E-state index is 12.7. The molecule has 1 aromatic rings. The summed E-state index contributed by atoms with van der Waals surface area (Å²) < 4.78 is 4.92. The molecule has 152 valence electrons. The number of nitrogens with one attached hydrogen (secondary N) is 2. The Morgan fingerprint density at radius 2 is 1.71 bits per heavy atom. The van der Waals surface area contributed by atoms with Crippen LogP contribution in [0.5, 0.6) is 0 Å². The lowest BCUT2D eigenvalue weighted by Gasteiger charge is -2.25. The molecular weight excluding hydrogens is 362 g/mol. The molecule has 0 radical (unpaired) electrons. The van der Waals surface area contributed by atoms with E-state index in [0.717, 1.165) is 23.3 Å². The highest BCUT2D eigenvalue weighted by Crippen LogP contribution is 2.27. The van der Waals surface area contributed by atoms with Gasteiger partial charge in [-0.1, -0.05) is 44.4 Å². The summed E-state index contributed by atoms with van der Waals surface area (Å²) in [6.45, 7) is 4.78. The molecule has 0 saturated carbocycles. The molecule has 1 aliphatic heterocycles. The predicted molar refractivity (Wildman–Crippen MR) is 104 cm³/mol. The van der Waals surface area contributed by atoms with E-state index in [4.69, 9.17) is 4.74 Å². The molecular formula is C20H27N3O5. The van der Waals surface area contributed by atoms with Crippen LogP contribution in [-0.4, -0.2) is 47.4 Å². The van der Waals surface area contributed by atoms with E-state index in [1.807, 2.05) is 32.9 Å². The Balaban J connectivity index is 1.88. The summed E-state index contributed by atoms with van der Waals surface area (Å²) in [5, 5.41) is 5.33. The third kappa shape index (κ3) is 5.09. The topological polar surface area (TPSA) is 105 Å². The number of nitrogens with zero attached hydrogens (tertiary/aromatic N) is 1. The van der Waals surface area contributed by atoms with Crippen molar-refractivity contribution in [1.82, 2.24) is 10.2 Å². The third-order valence-corrected chi connectivity index (χ3v) is 4.59. The van der Waals surface area contributed by atoms with Crippen molar-refractivity contribution in [3.8, 4) is 0 Å². The number of anilines is 1. The Kier molecular flexibility index (Phi) is 7.14. The number of carbonyl (C=O) groups is 4. The third-order valence-electron chi connectivity index (χ3n) is 4.59. The Morgan fingerprint density at radius 1 is 1.11 bits per heavy atom. The van der Waals surface area contributed by atoms with E-state index in [2.05, 4.69) is 10.6 Å². The van der Waals surface area contributed by atoms with Gasteiger partial charge in [0.25, 0.3) is 11.8 Å². The molecule has 8 heteroatoms. The fourth-order valence-electron chi connectivity index (χ4n) is 3.29. The Bertz CT molecular complexity index is 739. The van der Waals surface area contributed by atoms with Crippen molar-refractivity contribution in [2.24, 2.45) is 0 Å². The monoisotopic (exact) mass is 389 g/mol. The van der Waals surface area contributed by atoms with Crippen LogP contribution in [0.1, 0.15) is 45.1 Å². The van der Waals surface area contributed by atoms with Crippen molar-refractivity contribution in [3.05, 3.63) is 29.8 Å². The second-order valence-electron chi connectivity index (χ2n) is 6.98. The van der Waals surface area contributed by atoms with Gasteiger partial charge in [-0.25, -0.2) is 4.79 Å². The number of hydrogen-bond donors (Lipinski definition) is 2. The number of amides is 4. The molecule has 1 aliphatic rings. The van der Waals surface area contributed by atoms with Crippen LogP contribution in [0.3, 0.4) is 0 Å². The second kappa shape index (κ2) is 9.34. The van der Waals surface area contributed by atoms with Crippen LogP contribution >= 0.6 is 0 Å². The zero-order valence-electron chi connectivity index (χ0n) is 16.5. The maximum Gasteiger partial charge on any atom is 0.326 e. The smallest absolute Gasteiger partial charge is 0.326 e. The molecule has 0 unspecified atom stereocenters. The van der Waals surface area contributed by atoms with Crippen LogP contribution < -0.4 is 10.6 Å². The van der Waals surface area contributed by atoms with E-state index in [1.54, 1.807) is 12.1 Å². The van der Waals surface area contributed by atoms with Crippen LogP contribution in [0, 0.1) is 6.92 Å². The van der Waals surface area contributed by atoms with Gasteiger partial charge in [0, 0.05) is 5.69 Å². The Hall–Kier alpha value is -2.90. The number of ether oxygens (including phenoxy) is 1. The summed E-state index contributed by atoms with van der Waals surface area (Å²) in [7, 11) is 0. The summed E-state index contributed by atoms with van der Waals surface area (Å²) in [5.41, 5.74) is 0.689. The first-order valence-corrected chi connectivity index (χ1v) is 9.47. The van der Waals surface area contributed by atoms with E-state index in [1.165, 1.54) is 0 Å². The normalized spacial score (nSPS) is 15.3. The van der Waals surface area contributed by atoms with Crippen LogP contribution in [0.4, 0.5) is 10.5 Å². The summed E-state index contributed by atoms with van der Waals surface area (Å²) in [4.78, 5) is 49.7. The second-order valence-corrected chi connectivity index (χ2v) is 6.98. The number of imide groups is 1. The van der Waals surface area contributed by atoms with Gasteiger partial charge in [0.05, 0.1) is 0 Å². The van der Waals surface area contributed by atoms with E-state index >= 15 is 0 Å². The fourth-order valence-corrected chi connectivity index (χ4v) is 3.29. The van der Waals surface area contributed by atoms with Gasteiger partial charge < -0.3 is 15.4 Å². The summed E-state index contributed by atoms with van der Waals surface area (Å²) >= 11 is 0. The molecule has 8 nitrogen and oxygen atoms in total. The van der Waals surface area contributed by atoms with Crippen LogP contribution in [0.2, 0.25) is 0 Å². The van der Waals surface area contributed by atoms with Gasteiger partial charge in [-0.15, -0.1) is 0 Å². The van der Waals surface area contributed by atoms with Crippen molar-refractivity contribution >= 4 is 29.5 Å². The summed E-state index contributed by atoms with van der Waals surface area (Å²) in [6.07, 6.45) is 2.47. The molecule has 4 amide bonds. The number of carbonyl (C=O) groups excluding carboxylic acids is 4. The highest BCUT2D eigenvalue weighted by Gasteiger charge is 2.50. The van der Waals surface area contributed by atoms with Crippen molar-refractivity contribution in [2.75, 3.05) is 18.5 Å². The zero-order valence-corrected chi connectivity index (χ0v) is 16.5. The molecule has 0 aromatic heterocycles. The minimum absolute atomic E-state index is 0.415. The first kappa shape index (κ1) is 21.4. The number of hydrogen-bond acceptors (Lipinski definition) is 5. The molecule has 28 heavy (non-hydrogen) atoms. The Morgan fingerprint density at radius 3 is 2.29 bits per heavy atom. The predicted octanol–water partition coefficient (Wildman–Crippen LogP) is 2.37. The van der Waals surface area contributed by atoms with Crippen molar-refractivity contribution in [3.63, 3.8) is 0 Å². The van der Waals surface area contributed by atoms with Gasteiger partial charge in [0.1, 0.15) is 12.1 Å². The number of rotatable bonds is 9. The fraction of sp³-hybridized carbons (Fsp3) is 0.500. The lowest BCUT2D eigenvalue weighted by atomic mass is 9.88. The van der Waals surface area contributed by atoms with Crippen molar-refractivity contribution in [1.29, 1.82) is 0 Å². The molecule has 0 aliphatic carbocycles. The van der Waals surface area contributed by atoms with Crippen LogP contribution in [0.25, 0.3) is 0 Å². The van der Waals surface area contributed by atoms with Gasteiger partial charge in [-0.05, 0) is 31.9 Å². The SMILES string of the molecule is CCCC1(CCC)NC(=O)N(CC(=O)OCC(=O)Nc2ccc(C)cc2)C1=O. The van der Waals surface area contributed by atoms with Crippen molar-refractivity contribution in [2.45, 2.75) is 52.0 Å². The van der Waals surface area contributed by atoms with E-state index < -0.39 is 42.5 Å². The highest BCUT2D eigenvalue weighted by molar-refractivity contribution is 6.08. The van der Waals surface area contributed by atoms with Crippen LogP contribution in [0.15, 0.2) is 24.3 Å². The average molecular weight is 389 g/mol. The first-order valence-electron chi connectivity index (χ1n) is 9.47. The molecule has 2 N–H and O–H groups in total. The molecule has 2 rings (SSSR count). The van der Waals surface area contributed by atoms with Gasteiger partial charge in [-0.3, -0.25) is 19.3 Å². The molecule has 0 spiro atoms. The highest BCUT2D eigenvalue weighted by atomic mass is 16.5. The Labute approximate surface area is 164 Å². The van der Waals surface area contributed by atoms with E-state index in [0.29, 0.717) is 18.5 Å². The number of urea groups is 1. The number of esters is 1. The zero-order chi connectivity index (χ0) is 20.7. The largest absolute Gasteiger partial charge is 0.454 e. The minimum Gasteiger partial charge on any atom is -0.454 e. The molecule has 0 atom stereocenters. The van der Waals surface area contributed by atoms with Gasteiger partial charge in [0.2, 0.25) is 0 Å². The van der Waals surface area contributed by atoms with E-state index in [-0.39, 0.29) is 0 Å². The summed E-state index contributed by atoms with van der Waals surface area (Å²) in [6, 6.07) is 6.57. The molecule has 1 fully saturated rings.